The van der Waals surface area contributed by atoms with Crippen molar-refractivity contribution in [3.8, 4) is 5.75 Å². The van der Waals surface area contributed by atoms with E-state index in [1.807, 2.05) is 46.2 Å². The van der Waals surface area contributed by atoms with E-state index in [9.17, 15) is 13.2 Å². The monoisotopic (exact) mass is 429 g/mol. The second-order valence-electron chi connectivity index (χ2n) is 8.01. The van der Waals surface area contributed by atoms with Crippen LogP contribution in [0, 0.1) is 0 Å². The molecule has 0 radical (unpaired) electrons. The van der Waals surface area contributed by atoms with E-state index in [0.717, 1.165) is 36.5 Å². The summed E-state index contributed by atoms with van der Waals surface area (Å²) in [5.41, 5.74) is 2.17. The molecule has 0 spiro atoms. The average Bonchev–Trinajstić information content (AvgIpc) is 3.03. The summed E-state index contributed by atoms with van der Waals surface area (Å²) in [4.78, 5) is 19.4. The van der Waals surface area contributed by atoms with Crippen molar-refractivity contribution in [1.29, 1.82) is 0 Å². The van der Waals surface area contributed by atoms with Gasteiger partial charge in [0.05, 0.1) is 18.0 Å². The molecule has 2 aliphatic rings. The number of fused-ring (bicyclic) bond motifs is 1. The highest BCUT2D eigenvalue weighted by atomic mass is 32.2. The van der Waals surface area contributed by atoms with Gasteiger partial charge in [0.2, 0.25) is 0 Å². The molecule has 7 nitrogen and oxygen atoms in total. The van der Waals surface area contributed by atoms with Gasteiger partial charge in [-0.2, -0.15) is 0 Å². The molecular weight excluding hydrogens is 402 g/mol. The smallest absolute Gasteiger partial charge is 0.320 e. The Bertz CT molecular complexity index is 1010. The maximum atomic E-state index is 12.8. The lowest BCUT2D eigenvalue weighted by Gasteiger charge is -2.36. The predicted octanol–water partition coefficient (Wildman–Crippen LogP) is 2.22. The van der Waals surface area contributed by atoms with E-state index >= 15 is 0 Å². The lowest BCUT2D eigenvalue weighted by Crippen LogP contribution is -2.51. The van der Waals surface area contributed by atoms with E-state index < -0.39 is 9.84 Å². The van der Waals surface area contributed by atoms with Crippen molar-refractivity contribution >= 4 is 15.9 Å². The van der Waals surface area contributed by atoms with Crippen molar-refractivity contribution in [2.45, 2.75) is 24.0 Å². The van der Waals surface area contributed by atoms with E-state index in [1.54, 1.807) is 19.2 Å². The van der Waals surface area contributed by atoms with Gasteiger partial charge in [-0.3, -0.25) is 4.90 Å². The second-order valence-corrected chi connectivity index (χ2v) is 10.0. The molecule has 8 heteroatoms. The Morgan fingerprint density at radius 3 is 2.20 bits per heavy atom. The number of carbonyl (C=O) groups excluding carboxylic acids is 1. The van der Waals surface area contributed by atoms with Crippen LogP contribution in [0.25, 0.3) is 0 Å². The number of rotatable bonds is 6. The highest BCUT2D eigenvalue weighted by Crippen LogP contribution is 2.24. The number of amides is 2. The molecule has 0 unspecified atom stereocenters. The molecule has 2 saturated heterocycles. The van der Waals surface area contributed by atoms with Crippen LogP contribution in [0.3, 0.4) is 0 Å². The maximum absolute atomic E-state index is 12.8. The molecule has 2 heterocycles. The summed E-state index contributed by atoms with van der Waals surface area (Å²) in [6.45, 7) is 4.41. The van der Waals surface area contributed by atoms with Gasteiger partial charge < -0.3 is 14.5 Å². The molecule has 0 N–H and O–H groups in total. The fourth-order valence-electron chi connectivity index (χ4n) is 4.17. The molecule has 2 aromatic rings. The quantitative estimate of drug-likeness (QED) is 0.704. The Balaban J connectivity index is 1.36. The van der Waals surface area contributed by atoms with Crippen LogP contribution in [0.5, 0.6) is 5.75 Å². The van der Waals surface area contributed by atoms with Gasteiger partial charge in [-0.05, 0) is 35.4 Å². The van der Waals surface area contributed by atoms with E-state index in [0.29, 0.717) is 24.5 Å². The minimum Gasteiger partial charge on any atom is -0.497 e. The Labute approximate surface area is 177 Å². The van der Waals surface area contributed by atoms with Crippen LogP contribution in [-0.2, 0) is 22.9 Å². The number of methoxy groups -OCH3 is 1. The Morgan fingerprint density at radius 2 is 1.57 bits per heavy atom. The van der Waals surface area contributed by atoms with Crippen molar-refractivity contribution in [2.75, 3.05) is 39.5 Å². The number of hydrogen-bond acceptors (Lipinski definition) is 5. The van der Waals surface area contributed by atoms with E-state index in [1.165, 1.54) is 6.26 Å². The maximum Gasteiger partial charge on any atom is 0.320 e. The predicted molar refractivity (Wildman–Crippen MR) is 114 cm³/mol. The van der Waals surface area contributed by atoms with E-state index in [-0.39, 0.29) is 12.1 Å². The van der Waals surface area contributed by atoms with Crippen molar-refractivity contribution in [3.05, 3.63) is 59.7 Å². The number of urea groups is 1. The highest BCUT2D eigenvalue weighted by Gasteiger charge is 2.40. The third-order valence-corrected chi connectivity index (χ3v) is 6.93. The number of hydrogen-bond donors (Lipinski definition) is 0. The zero-order valence-corrected chi connectivity index (χ0v) is 18.1. The minimum atomic E-state index is -3.18. The van der Waals surface area contributed by atoms with Crippen LogP contribution in [-0.4, -0.2) is 74.7 Å². The number of sulfone groups is 1. The summed E-state index contributed by atoms with van der Waals surface area (Å²) in [6, 6.07) is 15.2. The number of ether oxygens (including phenoxy) is 1. The topological polar surface area (TPSA) is 70.2 Å². The molecule has 2 aromatic carbocycles. The van der Waals surface area contributed by atoms with Gasteiger partial charge >= 0.3 is 6.03 Å². The summed E-state index contributed by atoms with van der Waals surface area (Å²) in [7, 11) is -1.54. The van der Waals surface area contributed by atoms with Gasteiger partial charge in [-0.15, -0.1) is 0 Å². The minimum absolute atomic E-state index is 0.105. The SMILES string of the molecule is COc1ccc(CN2C[C@H]3CN(Cc4ccc(S(C)(=O)=O)cc4)CCN3C2=O)cc1. The zero-order valence-electron chi connectivity index (χ0n) is 17.3. The summed E-state index contributed by atoms with van der Waals surface area (Å²) in [5.74, 6) is 0.809. The van der Waals surface area contributed by atoms with Gasteiger partial charge in [-0.25, -0.2) is 13.2 Å². The van der Waals surface area contributed by atoms with Gasteiger partial charge in [0.15, 0.2) is 9.84 Å². The molecule has 0 aliphatic carbocycles. The van der Waals surface area contributed by atoms with E-state index in [4.69, 9.17) is 4.74 Å². The summed E-state index contributed by atoms with van der Waals surface area (Å²) in [5, 5.41) is 0. The van der Waals surface area contributed by atoms with Crippen LogP contribution in [0.4, 0.5) is 4.79 Å². The Hall–Kier alpha value is -2.58. The summed E-state index contributed by atoms with van der Waals surface area (Å²) in [6.07, 6.45) is 1.22. The van der Waals surface area contributed by atoms with Gasteiger partial charge in [-0.1, -0.05) is 24.3 Å². The number of benzene rings is 2. The molecule has 0 bridgehead atoms. The molecule has 2 amide bonds. The van der Waals surface area contributed by atoms with Crippen molar-refractivity contribution < 1.29 is 17.9 Å². The van der Waals surface area contributed by atoms with Gasteiger partial charge in [0.25, 0.3) is 0 Å². The average molecular weight is 430 g/mol. The second kappa shape index (κ2) is 8.28. The first kappa shape index (κ1) is 20.7. The lowest BCUT2D eigenvalue weighted by atomic mass is 10.1. The Morgan fingerprint density at radius 1 is 0.933 bits per heavy atom. The van der Waals surface area contributed by atoms with Crippen LogP contribution in [0.15, 0.2) is 53.4 Å². The van der Waals surface area contributed by atoms with Crippen LogP contribution >= 0.6 is 0 Å². The van der Waals surface area contributed by atoms with Crippen LogP contribution in [0.2, 0.25) is 0 Å². The molecule has 1 atom stereocenters. The Kier molecular flexibility index (Phi) is 5.71. The highest BCUT2D eigenvalue weighted by molar-refractivity contribution is 7.90. The molecule has 2 aliphatic heterocycles. The molecule has 4 rings (SSSR count). The van der Waals surface area contributed by atoms with Gasteiger partial charge in [0.1, 0.15) is 5.75 Å². The number of piperazine rings is 1. The standard InChI is InChI=1S/C22H27N3O4S/c1-29-20-7-3-18(4-8-20)14-24-16-19-15-23(11-12-25(19)22(24)26)13-17-5-9-21(10-6-17)30(2,27)28/h3-10,19H,11-16H2,1-2H3/t19-/m1/s1. The largest absolute Gasteiger partial charge is 0.497 e. The first-order chi connectivity index (χ1) is 14.3. The summed E-state index contributed by atoms with van der Waals surface area (Å²) >= 11 is 0. The molecule has 160 valence electrons. The fraction of sp³-hybridized carbons (Fsp3) is 0.409. The van der Waals surface area contributed by atoms with E-state index in [2.05, 4.69) is 4.90 Å². The normalized spacial score (nSPS) is 19.8. The van der Waals surface area contributed by atoms with Gasteiger partial charge in [0, 0.05) is 45.5 Å². The van der Waals surface area contributed by atoms with Crippen molar-refractivity contribution in [1.82, 2.24) is 14.7 Å². The molecule has 0 aromatic heterocycles. The molecule has 30 heavy (non-hydrogen) atoms. The van der Waals surface area contributed by atoms with Crippen molar-refractivity contribution in [3.63, 3.8) is 0 Å². The first-order valence-electron chi connectivity index (χ1n) is 10.0. The summed E-state index contributed by atoms with van der Waals surface area (Å²) < 4.78 is 28.4. The third-order valence-electron chi connectivity index (χ3n) is 5.80. The third kappa shape index (κ3) is 4.44. The lowest BCUT2D eigenvalue weighted by molar-refractivity contribution is 0.116. The zero-order chi connectivity index (χ0) is 21.3. The molecule has 2 fully saturated rings. The molecule has 0 saturated carbocycles. The fourth-order valence-corrected chi connectivity index (χ4v) is 4.80. The number of nitrogens with zero attached hydrogens (tertiary/aromatic N) is 3. The van der Waals surface area contributed by atoms with Crippen LogP contribution < -0.4 is 4.74 Å². The molecular formula is C22H27N3O4S. The van der Waals surface area contributed by atoms with Crippen LogP contribution in [0.1, 0.15) is 11.1 Å². The first-order valence-corrected chi connectivity index (χ1v) is 11.9. The number of carbonyl (C=O) groups is 1. The van der Waals surface area contributed by atoms with Crippen molar-refractivity contribution in [2.24, 2.45) is 0 Å².